The fourth-order valence-corrected chi connectivity index (χ4v) is 5.00. The lowest BCUT2D eigenvalue weighted by Gasteiger charge is -2.38. The van der Waals surface area contributed by atoms with E-state index in [0.717, 1.165) is 33.5 Å². The van der Waals surface area contributed by atoms with E-state index < -0.39 is 41.4 Å². The average molecular weight is 518 g/mol. The first-order chi connectivity index (χ1) is 18.4. The van der Waals surface area contributed by atoms with Crippen LogP contribution in [-0.2, 0) is 10.3 Å². The number of halogens is 1. The molecule has 8 nitrogen and oxygen atoms in total. The molecule has 3 N–H and O–H groups in total. The third kappa shape index (κ3) is 4.67. The van der Waals surface area contributed by atoms with E-state index in [1.54, 1.807) is 7.11 Å². The summed E-state index contributed by atoms with van der Waals surface area (Å²) in [5.74, 6) is 0.702. The van der Waals surface area contributed by atoms with Crippen LogP contribution in [-0.4, -0.2) is 46.7 Å². The first-order valence-corrected chi connectivity index (χ1v) is 12.2. The molecular formula is C29H28FN3O5. The maximum Gasteiger partial charge on any atom is 0.330 e. The number of ether oxygens (including phenoxy) is 2. The molecule has 5 rings (SSSR count). The molecule has 38 heavy (non-hydrogen) atoms. The van der Waals surface area contributed by atoms with Gasteiger partial charge in [-0.15, -0.1) is 0 Å². The van der Waals surface area contributed by atoms with Crippen LogP contribution in [0.3, 0.4) is 0 Å². The zero-order chi connectivity index (χ0) is 26.7. The van der Waals surface area contributed by atoms with Crippen LogP contribution in [0.5, 0.6) is 5.75 Å². The molecule has 1 aromatic heterocycles. The molecule has 0 saturated carbocycles. The Morgan fingerprint density at radius 3 is 2.08 bits per heavy atom. The number of hydrogen-bond acceptors (Lipinski definition) is 6. The van der Waals surface area contributed by atoms with Crippen molar-refractivity contribution in [2.75, 3.05) is 13.7 Å². The minimum Gasteiger partial charge on any atom is -0.497 e. The minimum atomic E-state index is -1.88. The molecule has 0 aliphatic carbocycles. The van der Waals surface area contributed by atoms with Crippen LogP contribution in [0, 0.1) is 0 Å². The number of alkyl halides is 1. The lowest BCUT2D eigenvalue weighted by atomic mass is 9.77. The molecule has 1 aliphatic rings. The van der Waals surface area contributed by atoms with Gasteiger partial charge in [0, 0.05) is 18.8 Å². The van der Waals surface area contributed by atoms with Gasteiger partial charge in [-0.2, -0.15) is 0 Å². The van der Waals surface area contributed by atoms with Gasteiger partial charge < -0.3 is 14.6 Å². The number of aromatic nitrogens is 2. The van der Waals surface area contributed by atoms with Crippen molar-refractivity contribution in [1.82, 2.24) is 14.9 Å². The Kier molecular flexibility index (Phi) is 7.24. The summed E-state index contributed by atoms with van der Waals surface area (Å²) in [6, 6.07) is 28.4. The molecular weight excluding hydrogens is 489 g/mol. The maximum absolute atomic E-state index is 15.2. The van der Waals surface area contributed by atoms with Gasteiger partial charge in [0.2, 0.25) is 0 Å². The van der Waals surface area contributed by atoms with Gasteiger partial charge >= 0.3 is 5.69 Å². The Morgan fingerprint density at radius 1 is 0.947 bits per heavy atom. The zero-order valence-electron chi connectivity index (χ0n) is 20.7. The standard InChI is InChI=1S/C29H28FN3O5/c1-37-22-14-12-21(13-15-22)29(19-8-4-2-5-9-19,20-10-6-3-7-11-20)31-18-23-26(35)25(30)27(38-23)33-17-16-24(34)32-28(33)36/h2-17,23,25-27,31,35H,18H2,1H3,(H,32,34,36)/t23-,25?,26+,27-/m1/s1. The summed E-state index contributed by atoms with van der Waals surface area (Å²) < 4.78 is 27.4. The molecule has 1 fully saturated rings. The van der Waals surface area contributed by atoms with Gasteiger partial charge in [0.25, 0.3) is 5.56 Å². The van der Waals surface area contributed by atoms with E-state index in [1.807, 2.05) is 84.9 Å². The van der Waals surface area contributed by atoms with Gasteiger partial charge in [0.05, 0.1) is 12.6 Å². The number of hydrogen-bond donors (Lipinski definition) is 3. The number of aromatic amines is 1. The van der Waals surface area contributed by atoms with Crippen LogP contribution in [0.1, 0.15) is 22.9 Å². The summed E-state index contributed by atoms with van der Waals surface area (Å²) in [5.41, 5.74) is 0.438. The predicted molar refractivity (Wildman–Crippen MR) is 140 cm³/mol. The number of H-pyrrole nitrogens is 1. The summed E-state index contributed by atoms with van der Waals surface area (Å²) in [7, 11) is 1.60. The minimum absolute atomic E-state index is 0.0476. The van der Waals surface area contributed by atoms with Gasteiger partial charge in [-0.1, -0.05) is 72.8 Å². The van der Waals surface area contributed by atoms with Crippen molar-refractivity contribution in [2.45, 2.75) is 30.1 Å². The fraction of sp³-hybridized carbons (Fsp3) is 0.241. The first-order valence-electron chi connectivity index (χ1n) is 12.2. The molecule has 0 spiro atoms. The summed E-state index contributed by atoms with van der Waals surface area (Å²) >= 11 is 0. The van der Waals surface area contributed by atoms with Crippen LogP contribution in [0.2, 0.25) is 0 Å². The Morgan fingerprint density at radius 2 is 1.53 bits per heavy atom. The molecule has 196 valence electrons. The number of benzene rings is 3. The highest BCUT2D eigenvalue weighted by molar-refractivity contribution is 5.50. The number of rotatable bonds is 8. The van der Waals surface area contributed by atoms with Gasteiger partial charge in [-0.3, -0.25) is 19.7 Å². The summed E-state index contributed by atoms with van der Waals surface area (Å²) in [6.45, 7) is 0.0476. The number of methoxy groups -OCH3 is 1. The van der Waals surface area contributed by atoms with Gasteiger partial charge in [0.1, 0.15) is 18.0 Å². The van der Waals surface area contributed by atoms with Crippen molar-refractivity contribution in [3.05, 3.63) is 135 Å². The van der Waals surface area contributed by atoms with Crippen molar-refractivity contribution in [2.24, 2.45) is 0 Å². The lowest BCUT2D eigenvalue weighted by Crippen LogP contribution is -2.49. The van der Waals surface area contributed by atoms with Crippen molar-refractivity contribution in [3.8, 4) is 5.75 Å². The highest BCUT2D eigenvalue weighted by Crippen LogP contribution is 2.38. The molecule has 4 atom stereocenters. The maximum atomic E-state index is 15.2. The fourth-order valence-electron chi connectivity index (χ4n) is 5.00. The van der Waals surface area contributed by atoms with Gasteiger partial charge in [0.15, 0.2) is 12.4 Å². The summed E-state index contributed by atoms with van der Waals surface area (Å²) in [5, 5.41) is 14.3. The second kappa shape index (κ2) is 10.7. The summed E-state index contributed by atoms with van der Waals surface area (Å²) in [6.07, 6.45) is -4.60. The number of aliphatic hydroxyl groups is 1. The molecule has 2 heterocycles. The quantitative estimate of drug-likeness (QED) is 0.311. The van der Waals surface area contributed by atoms with Crippen LogP contribution < -0.4 is 21.3 Å². The smallest absolute Gasteiger partial charge is 0.330 e. The molecule has 1 saturated heterocycles. The Bertz CT molecular complexity index is 1430. The van der Waals surface area contributed by atoms with Crippen molar-refractivity contribution in [1.29, 1.82) is 0 Å². The van der Waals surface area contributed by atoms with E-state index in [1.165, 1.54) is 0 Å². The molecule has 0 amide bonds. The second-order valence-electron chi connectivity index (χ2n) is 9.11. The number of nitrogens with one attached hydrogen (secondary N) is 2. The molecule has 3 aromatic carbocycles. The van der Waals surface area contributed by atoms with Crippen LogP contribution in [0.25, 0.3) is 0 Å². The monoisotopic (exact) mass is 517 g/mol. The topological polar surface area (TPSA) is 106 Å². The van der Waals surface area contributed by atoms with Crippen molar-refractivity contribution >= 4 is 0 Å². The third-order valence-electron chi connectivity index (χ3n) is 6.92. The highest BCUT2D eigenvalue weighted by atomic mass is 19.1. The van der Waals surface area contributed by atoms with Gasteiger partial charge in [-0.25, -0.2) is 9.18 Å². The van der Waals surface area contributed by atoms with E-state index in [-0.39, 0.29) is 6.54 Å². The lowest BCUT2D eigenvalue weighted by molar-refractivity contribution is -0.0275. The van der Waals surface area contributed by atoms with E-state index in [9.17, 15) is 14.7 Å². The van der Waals surface area contributed by atoms with Crippen LogP contribution >= 0.6 is 0 Å². The number of aliphatic hydroxyl groups excluding tert-OH is 1. The second-order valence-corrected chi connectivity index (χ2v) is 9.11. The molecule has 0 bridgehead atoms. The molecule has 0 radical (unpaired) electrons. The Balaban J connectivity index is 1.54. The predicted octanol–water partition coefficient (Wildman–Crippen LogP) is 2.72. The summed E-state index contributed by atoms with van der Waals surface area (Å²) in [4.78, 5) is 25.8. The van der Waals surface area contributed by atoms with E-state index in [4.69, 9.17) is 9.47 Å². The third-order valence-corrected chi connectivity index (χ3v) is 6.92. The van der Waals surface area contributed by atoms with Crippen LogP contribution in [0.15, 0.2) is 107 Å². The molecule has 9 heteroatoms. The molecule has 1 aliphatic heterocycles. The van der Waals surface area contributed by atoms with Gasteiger partial charge in [-0.05, 0) is 28.8 Å². The SMILES string of the molecule is COc1ccc(C(NC[C@H]2O[C@@H](n3ccc(=O)[nH]c3=O)C(F)[C@H]2O)(c2ccccc2)c2ccccc2)cc1. The number of nitrogens with zero attached hydrogens (tertiary/aromatic N) is 1. The largest absolute Gasteiger partial charge is 0.497 e. The normalized spacial score (nSPS) is 21.3. The van der Waals surface area contributed by atoms with Crippen LogP contribution in [0.4, 0.5) is 4.39 Å². The Hall–Kier alpha value is -4.05. The average Bonchev–Trinajstić information content (AvgIpc) is 3.23. The Labute approximate surface area is 218 Å². The zero-order valence-corrected chi connectivity index (χ0v) is 20.7. The van der Waals surface area contributed by atoms with E-state index >= 15 is 4.39 Å². The molecule has 1 unspecified atom stereocenters. The van der Waals surface area contributed by atoms with E-state index in [2.05, 4.69) is 10.3 Å². The van der Waals surface area contributed by atoms with Crippen molar-refractivity contribution < 1.29 is 19.0 Å². The van der Waals surface area contributed by atoms with E-state index in [0.29, 0.717) is 5.75 Å². The van der Waals surface area contributed by atoms with Crippen molar-refractivity contribution in [3.63, 3.8) is 0 Å². The first kappa shape index (κ1) is 25.6. The highest BCUT2D eigenvalue weighted by Gasteiger charge is 2.47. The molecule has 4 aromatic rings.